The van der Waals surface area contributed by atoms with Crippen molar-refractivity contribution in [3.05, 3.63) is 0 Å². The predicted molar refractivity (Wildman–Crippen MR) is 517 cm³/mol. The van der Waals surface area contributed by atoms with Gasteiger partial charge >= 0.3 is 88.7 Å². The van der Waals surface area contributed by atoms with Gasteiger partial charge in [-0.05, 0) is 38.5 Å². The molecule has 0 bridgehead atoms. The second kappa shape index (κ2) is 134. The van der Waals surface area contributed by atoms with Gasteiger partial charge in [-0.3, -0.25) is 0 Å². The largest absolute Gasteiger partial charge is 1.00 e. The van der Waals surface area contributed by atoms with Crippen molar-refractivity contribution in [2.45, 2.75) is 658 Å². The van der Waals surface area contributed by atoms with Crippen LogP contribution in [0.4, 0.5) is 0 Å². The summed E-state index contributed by atoms with van der Waals surface area (Å²) in [5.74, 6) is 0. The Hall–Kier alpha value is 2.99. The number of ether oxygens (including phenoxy) is 3. The number of rotatable bonds is 102. The summed E-state index contributed by atoms with van der Waals surface area (Å²) in [6.07, 6.45) is 138. The number of hydrogen-bond acceptors (Lipinski definition) is 7. The Morgan fingerprint density at radius 2 is 0.176 bits per heavy atom. The fourth-order valence-corrected chi connectivity index (χ4v) is 16.8. The molecule has 0 aromatic rings. The quantitative estimate of drug-likeness (QED) is 0.0338. The Kier molecular flexibility index (Phi) is 152. The van der Waals surface area contributed by atoms with Crippen molar-refractivity contribution in [1.29, 1.82) is 0 Å². The molecule has 0 aliphatic rings. The molecule has 0 fully saturated rings. The molecule has 704 valence electrons. The van der Waals surface area contributed by atoms with Crippen molar-refractivity contribution in [3.8, 4) is 0 Å². The van der Waals surface area contributed by atoms with Crippen molar-refractivity contribution in [3.63, 3.8) is 0 Å². The summed E-state index contributed by atoms with van der Waals surface area (Å²) >= 11 is 0. The molecule has 0 amide bonds. The molecule has 0 aliphatic carbocycles. The summed E-state index contributed by atoms with van der Waals surface area (Å²) < 4.78 is 26.2. The van der Waals surface area contributed by atoms with Gasteiger partial charge in [0, 0.05) is 39.6 Å². The van der Waals surface area contributed by atoms with Crippen LogP contribution in [0.3, 0.4) is 0 Å². The zero-order chi connectivity index (χ0) is 84.7. The van der Waals surface area contributed by atoms with Gasteiger partial charge in [-0.15, -0.1) is 0 Å². The van der Waals surface area contributed by atoms with Crippen molar-refractivity contribution < 1.29 is 122 Å². The molecular weight excluding hydrogens is 1510 g/mol. The van der Waals surface area contributed by atoms with Gasteiger partial charge in [0.15, 0.2) is 0 Å². The van der Waals surface area contributed by atoms with E-state index in [1.54, 1.807) is 0 Å². The first-order valence-corrected chi connectivity index (χ1v) is 56.2. The molecule has 0 rings (SSSR count). The third-order valence-corrected chi connectivity index (χ3v) is 24.9. The number of phosphoric acid groups is 1. The number of hydrogen-bond donors (Lipinski definition) is 0. The first-order valence-electron chi connectivity index (χ1n) is 54.7. The van der Waals surface area contributed by atoms with E-state index in [0.717, 1.165) is 39.6 Å². The van der Waals surface area contributed by atoms with Crippen LogP contribution in [0, 0.1) is 0 Å². The van der Waals surface area contributed by atoms with Gasteiger partial charge in [-0.2, -0.15) is 7.82 Å². The van der Waals surface area contributed by atoms with Crippen LogP contribution < -0.4 is 103 Å². The molecule has 7 nitrogen and oxygen atoms in total. The molecular formula is C108H222Na3O7P. The van der Waals surface area contributed by atoms with Gasteiger partial charge in [-0.25, -0.2) is 0 Å². The normalized spacial score (nSPS) is 11.2. The standard InChI is InChI=1S/3C36H74O.3Na.H3O4P/c3*1-3-5-7-9-11-13-15-17-19-21-23-25-27-29-31-33-35-37-36-34-32-30-28-26-24-22-20-18-16-14-12-10-8-6-4-2;;;;1-5(2,3)4/h3*3-36H2,1-2H3;;;;(H3,1,2,3,4)/q;;;3*+1;/p-3. The van der Waals surface area contributed by atoms with Crippen LogP contribution in [0.2, 0.25) is 0 Å². The van der Waals surface area contributed by atoms with Gasteiger partial charge in [-0.1, -0.05) is 619 Å². The molecule has 0 spiro atoms. The van der Waals surface area contributed by atoms with E-state index in [2.05, 4.69) is 41.5 Å². The molecule has 0 N–H and O–H groups in total. The Morgan fingerprint density at radius 1 is 0.126 bits per heavy atom. The monoisotopic (exact) mass is 1730 g/mol. The first-order chi connectivity index (χ1) is 57.2. The van der Waals surface area contributed by atoms with E-state index in [1.165, 1.54) is 616 Å². The van der Waals surface area contributed by atoms with E-state index in [4.69, 9.17) is 33.5 Å². The van der Waals surface area contributed by atoms with Gasteiger partial charge in [0.1, 0.15) is 0 Å². The SMILES string of the molecule is CCCCCCCCCCCCCCCCCCOCCCCCCCCCCCCCCCCCC.CCCCCCCCCCCCCCCCCCOCCCCCCCCCCCCCCCCCC.CCCCCCCCCCCCCCCCCCOCCCCCCCCCCCCCCCCCC.O=P([O-])([O-])[O-].[Na+].[Na+].[Na+]. The second-order valence-electron chi connectivity index (χ2n) is 37.1. The molecule has 0 unspecified atom stereocenters. The molecule has 0 saturated carbocycles. The fraction of sp³-hybridized carbons (Fsp3) is 1.00. The summed E-state index contributed by atoms with van der Waals surface area (Å²) in [6.45, 7) is 19.8. The van der Waals surface area contributed by atoms with Crippen LogP contribution >= 0.6 is 7.82 Å². The maximum absolute atomic E-state index is 8.55. The summed E-state index contributed by atoms with van der Waals surface area (Å²) in [4.78, 5) is 25.6. The average Bonchev–Trinajstić information content (AvgIpc) is 1.59. The van der Waals surface area contributed by atoms with E-state index in [0.29, 0.717) is 0 Å². The summed E-state index contributed by atoms with van der Waals surface area (Å²) in [7, 11) is -5.39. The van der Waals surface area contributed by atoms with Crippen LogP contribution in [0.5, 0.6) is 0 Å². The van der Waals surface area contributed by atoms with Crippen molar-refractivity contribution >= 4 is 7.82 Å². The van der Waals surface area contributed by atoms with Crippen LogP contribution in [0.25, 0.3) is 0 Å². The van der Waals surface area contributed by atoms with Crippen LogP contribution in [-0.2, 0) is 18.8 Å². The molecule has 0 aromatic heterocycles. The van der Waals surface area contributed by atoms with E-state index < -0.39 is 7.82 Å². The second-order valence-corrected chi connectivity index (χ2v) is 38.0. The summed E-state index contributed by atoms with van der Waals surface area (Å²) in [5.41, 5.74) is 0. The Bertz CT molecular complexity index is 1350. The zero-order valence-electron chi connectivity index (χ0n) is 84.4. The van der Waals surface area contributed by atoms with Gasteiger partial charge in [0.2, 0.25) is 0 Å². The Morgan fingerprint density at radius 3 is 0.235 bits per heavy atom. The van der Waals surface area contributed by atoms with Crippen LogP contribution in [0.15, 0.2) is 0 Å². The van der Waals surface area contributed by atoms with E-state index in [-0.39, 0.29) is 88.7 Å². The molecule has 11 heteroatoms. The van der Waals surface area contributed by atoms with Gasteiger partial charge in [0.25, 0.3) is 0 Å². The van der Waals surface area contributed by atoms with E-state index >= 15 is 0 Å². The van der Waals surface area contributed by atoms with Crippen molar-refractivity contribution in [2.24, 2.45) is 0 Å². The van der Waals surface area contributed by atoms with Crippen LogP contribution in [-0.4, -0.2) is 39.6 Å². The Balaban J connectivity index is -0.000000303. The maximum Gasteiger partial charge on any atom is 1.00 e. The minimum absolute atomic E-state index is 0. The molecule has 0 atom stereocenters. The minimum atomic E-state index is -5.39. The first kappa shape index (κ1) is 135. The van der Waals surface area contributed by atoms with E-state index in [1.807, 2.05) is 0 Å². The smallest absolute Gasteiger partial charge is 0.822 e. The molecule has 0 heterocycles. The fourth-order valence-electron chi connectivity index (χ4n) is 16.8. The summed E-state index contributed by atoms with van der Waals surface area (Å²) in [5, 5.41) is 0. The van der Waals surface area contributed by atoms with E-state index in [9.17, 15) is 0 Å². The summed E-state index contributed by atoms with van der Waals surface area (Å²) in [6, 6.07) is 0. The number of unbranched alkanes of at least 4 members (excludes halogenated alkanes) is 90. The average molecular weight is 1730 g/mol. The molecule has 0 saturated heterocycles. The zero-order valence-corrected chi connectivity index (χ0v) is 91.3. The maximum atomic E-state index is 8.55. The molecule has 0 aliphatic heterocycles. The van der Waals surface area contributed by atoms with Crippen molar-refractivity contribution in [1.82, 2.24) is 0 Å². The van der Waals surface area contributed by atoms with Crippen LogP contribution in [0.1, 0.15) is 658 Å². The Labute approximate surface area is 819 Å². The third kappa shape index (κ3) is 155. The molecule has 0 radical (unpaired) electrons. The predicted octanol–water partition coefficient (Wildman–Crippen LogP) is 28.8. The topological polar surface area (TPSA) is 114 Å². The third-order valence-electron chi connectivity index (χ3n) is 24.9. The minimum Gasteiger partial charge on any atom is -0.822 e. The molecule has 119 heavy (non-hydrogen) atoms. The van der Waals surface area contributed by atoms with Gasteiger partial charge < -0.3 is 33.5 Å². The van der Waals surface area contributed by atoms with Crippen molar-refractivity contribution in [2.75, 3.05) is 39.6 Å². The molecule has 0 aromatic carbocycles. The van der Waals surface area contributed by atoms with Gasteiger partial charge in [0.05, 0.1) is 0 Å².